The monoisotopic (exact) mass is 487 g/mol. The summed E-state index contributed by atoms with van der Waals surface area (Å²) in [5, 5.41) is 12.5. The molecule has 0 radical (unpaired) electrons. The summed E-state index contributed by atoms with van der Waals surface area (Å²) in [5.74, 6) is 0.425. The second-order valence-electron chi connectivity index (χ2n) is 10.7. The number of aliphatic hydroxyl groups excluding tert-OH is 1. The van der Waals surface area contributed by atoms with Crippen LogP contribution < -0.4 is 5.32 Å². The van der Waals surface area contributed by atoms with Crippen molar-refractivity contribution < 1.29 is 19.4 Å². The molecule has 0 bridgehead atoms. The average Bonchev–Trinajstić information content (AvgIpc) is 3.43. The number of aliphatic hydroxyl groups is 1. The van der Waals surface area contributed by atoms with E-state index in [2.05, 4.69) is 40.3 Å². The van der Waals surface area contributed by atoms with Gasteiger partial charge in [-0.05, 0) is 49.3 Å². The molecule has 10 heteroatoms. The van der Waals surface area contributed by atoms with Gasteiger partial charge in [0, 0.05) is 48.9 Å². The first kappa shape index (κ1) is 24.2. The number of nitrogens with zero attached hydrogens (tertiary/aromatic N) is 4. The minimum Gasteiger partial charge on any atom is -0.396 e. The molecule has 0 unspecified atom stereocenters. The molecule has 0 aliphatic carbocycles. The Hall–Kier alpha value is -2.95. The van der Waals surface area contributed by atoms with Crippen LogP contribution >= 0.6 is 9.16 Å². The first-order valence-corrected chi connectivity index (χ1v) is 15.5. The van der Waals surface area contributed by atoms with E-state index in [0.29, 0.717) is 36.6 Å². The molecule has 184 valence electrons. The Morgan fingerprint density at radius 2 is 1.82 bits per heavy atom. The molecule has 2 amide bonds. The number of aryl methyl sites for hydroxylation is 1. The lowest BCUT2D eigenvalue weighted by molar-refractivity contribution is -0.122. The summed E-state index contributed by atoms with van der Waals surface area (Å²) in [6.07, 6.45) is 16.6. The summed E-state index contributed by atoms with van der Waals surface area (Å²) >= 11 is 0. The molecule has 9 nitrogen and oxygen atoms in total. The van der Waals surface area contributed by atoms with Gasteiger partial charge in [0.05, 0.1) is 17.8 Å². The fourth-order valence-electron chi connectivity index (χ4n) is 3.89. The number of hydrogen-bond donors (Lipinski definition) is 3. The summed E-state index contributed by atoms with van der Waals surface area (Å²) in [4.78, 5) is 34.7. The van der Waals surface area contributed by atoms with Gasteiger partial charge in [0.2, 0.25) is 0 Å². The number of amides is 2. The minimum absolute atomic E-state index is 0.0438. The van der Waals surface area contributed by atoms with Gasteiger partial charge in [-0.15, -0.1) is 0 Å². The van der Waals surface area contributed by atoms with Gasteiger partial charge >= 0.3 is 0 Å². The minimum atomic E-state index is -1.68. The molecule has 1 aliphatic rings. The highest BCUT2D eigenvalue weighted by Gasteiger charge is 2.36. The normalized spacial score (nSPS) is 15.7. The van der Waals surface area contributed by atoms with E-state index in [1.807, 2.05) is 16.8 Å². The molecule has 0 fully saturated rings. The molecular formula is C24H33N5O4S. The zero-order valence-electron chi connectivity index (χ0n) is 20.1. The van der Waals surface area contributed by atoms with Crippen molar-refractivity contribution in [3.05, 3.63) is 48.3 Å². The highest BCUT2D eigenvalue weighted by atomic mass is 32.3. The molecule has 0 atom stereocenters. The molecule has 0 saturated carbocycles. The smallest absolute Gasteiger partial charge is 0.262 e. The number of pyridine rings is 1. The molecule has 0 spiro atoms. The van der Waals surface area contributed by atoms with Crippen molar-refractivity contribution in [3.63, 3.8) is 0 Å². The number of thiol groups is 1. The number of ether oxygens (including phenoxy) is 1. The Morgan fingerprint density at radius 1 is 1.06 bits per heavy atom. The lowest BCUT2D eigenvalue weighted by Gasteiger charge is -2.46. The number of imidazole rings is 1. The van der Waals surface area contributed by atoms with Crippen LogP contribution in [0, 0.1) is 0 Å². The summed E-state index contributed by atoms with van der Waals surface area (Å²) in [6, 6.07) is 3.67. The van der Waals surface area contributed by atoms with E-state index in [1.54, 1.807) is 29.2 Å². The van der Waals surface area contributed by atoms with E-state index < -0.39 is 21.0 Å². The maximum atomic E-state index is 13.0. The summed E-state index contributed by atoms with van der Waals surface area (Å²) in [7, 11) is -1.68. The molecular weight excluding hydrogens is 454 g/mol. The van der Waals surface area contributed by atoms with E-state index >= 15 is 0 Å². The highest BCUT2D eigenvalue weighted by molar-refractivity contribution is 8.47. The van der Waals surface area contributed by atoms with Crippen LogP contribution in [0.25, 0.3) is 22.2 Å². The lowest BCUT2D eigenvalue weighted by Crippen LogP contribution is -2.23. The zero-order chi connectivity index (χ0) is 24.5. The standard InChI is InChI=1S/C24H33N5O4S/c1-34(2,3,4)14-13-33-16-29-11-9-26-22(29)20-19(23(31)27-24(20)32)18-15-28(10-6-12-30)21-17(18)7-5-8-25-21/h5,7-9,11,15,30,34H,6,10,12-14,16H2,1-4H3,(H,27,31,32). The number of carbonyl (C=O) groups excluding carboxylic acids is 2. The van der Waals surface area contributed by atoms with Crippen LogP contribution in [0.5, 0.6) is 0 Å². The first-order chi connectivity index (χ1) is 16.0. The number of rotatable bonds is 10. The molecule has 34 heavy (non-hydrogen) atoms. The number of aromatic nitrogens is 4. The lowest BCUT2D eigenvalue weighted by atomic mass is 10.0. The fraction of sp³-hybridized carbons (Fsp3) is 0.417. The Morgan fingerprint density at radius 3 is 2.56 bits per heavy atom. The molecule has 0 aromatic carbocycles. The van der Waals surface area contributed by atoms with Gasteiger partial charge in [-0.3, -0.25) is 24.1 Å². The van der Waals surface area contributed by atoms with Crippen LogP contribution in [0.1, 0.15) is 17.8 Å². The highest BCUT2D eigenvalue weighted by Crippen LogP contribution is 2.54. The molecule has 1 aliphatic heterocycles. The number of fused-ring (bicyclic) bond motifs is 1. The summed E-state index contributed by atoms with van der Waals surface area (Å²) < 4.78 is 9.57. The van der Waals surface area contributed by atoms with Gasteiger partial charge in [0.25, 0.3) is 11.8 Å². The maximum absolute atomic E-state index is 13.0. The third-order valence-corrected chi connectivity index (χ3v) is 7.66. The van der Waals surface area contributed by atoms with Gasteiger partial charge in [-0.2, -0.15) is 0 Å². The molecule has 2 N–H and O–H groups in total. The van der Waals surface area contributed by atoms with Crippen LogP contribution in [-0.2, 0) is 27.6 Å². The molecule has 0 saturated heterocycles. The molecule has 3 aromatic heterocycles. The van der Waals surface area contributed by atoms with Crippen molar-refractivity contribution in [1.82, 2.24) is 24.4 Å². The van der Waals surface area contributed by atoms with Crippen LogP contribution in [0.15, 0.2) is 36.9 Å². The van der Waals surface area contributed by atoms with E-state index in [0.717, 1.165) is 11.1 Å². The van der Waals surface area contributed by atoms with Gasteiger partial charge in [0.1, 0.15) is 18.2 Å². The summed E-state index contributed by atoms with van der Waals surface area (Å²) in [6.45, 7) is 1.43. The van der Waals surface area contributed by atoms with Crippen LogP contribution in [0.4, 0.5) is 0 Å². The number of imide groups is 1. The Kier molecular flexibility index (Phi) is 6.41. The Labute approximate surface area is 199 Å². The van der Waals surface area contributed by atoms with Gasteiger partial charge < -0.3 is 19.0 Å². The van der Waals surface area contributed by atoms with Gasteiger partial charge in [-0.1, -0.05) is 0 Å². The quantitative estimate of drug-likeness (QED) is 0.228. The van der Waals surface area contributed by atoms with Crippen molar-refractivity contribution in [2.45, 2.75) is 19.7 Å². The third-order valence-electron chi connectivity index (χ3n) is 5.69. The second-order valence-corrected chi connectivity index (χ2v) is 19.0. The van der Waals surface area contributed by atoms with E-state index in [4.69, 9.17) is 4.74 Å². The van der Waals surface area contributed by atoms with Gasteiger partial charge in [0.15, 0.2) is 0 Å². The van der Waals surface area contributed by atoms with Crippen molar-refractivity contribution in [3.8, 4) is 0 Å². The number of hydrogen-bond acceptors (Lipinski definition) is 6. The van der Waals surface area contributed by atoms with Crippen LogP contribution in [0.3, 0.4) is 0 Å². The number of nitrogens with one attached hydrogen (secondary N) is 1. The summed E-state index contributed by atoms with van der Waals surface area (Å²) in [5.41, 5.74) is 1.80. The SMILES string of the molecule is C[SH](C)(C)(C)CCOCn1ccnc1C1=C(c2cn(CCCO)c3ncccc23)C(=O)NC1=O. The maximum Gasteiger partial charge on any atom is 0.262 e. The predicted octanol–water partition coefficient (Wildman–Crippen LogP) is 1.75. The van der Waals surface area contributed by atoms with E-state index in [-0.39, 0.29) is 24.5 Å². The third kappa shape index (κ3) is 5.08. The zero-order valence-corrected chi connectivity index (χ0v) is 21.0. The van der Waals surface area contributed by atoms with Crippen LogP contribution in [0.2, 0.25) is 0 Å². The molecule has 4 rings (SSSR count). The fourth-order valence-corrected chi connectivity index (χ4v) is 4.75. The van der Waals surface area contributed by atoms with Crippen LogP contribution in [-0.4, -0.2) is 80.0 Å². The predicted molar refractivity (Wildman–Crippen MR) is 137 cm³/mol. The first-order valence-electron chi connectivity index (χ1n) is 11.3. The molecule has 3 aromatic rings. The van der Waals surface area contributed by atoms with Crippen molar-refractivity contribution in [2.24, 2.45) is 0 Å². The average molecular weight is 488 g/mol. The largest absolute Gasteiger partial charge is 0.396 e. The second kappa shape index (κ2) is 9.01. The van der Waals surface area contributed by atoms with Crippen molar-refractivity contribution in [2.75, 3.05) is 44.0 Å². The Bertz CT molecular complexity index is 1270. The van der Waals surface area contributed by atoms with E-state index in [9.17, 15) is 14.7 Å². The Balaban J connectivity index is 1.72. The number of carbonyl (C=O) groups is 2. The molecule has 4 heterocycles. The van der Waals surface area contributed by atoms with E-state index in [1.165, 1.54) is 0 Å². The van der Waals surface area contributed by atoms with Gasteiger partial charge in [-0.25, -0.2) is 9.97 Å². The van der Waals surface area contributed by atoms with Crippen molar-refractivity contribution >= 4 is 43.2 Å². The van der Waals surface area contributed by atoms with Crippen molar-refractivity contribution in [1.29, 1.82) is 0 Å². The topological polar surface area (TPSA) is 111 Å².